The maximum absolute atomic E-state index is 12.2. The number of nitro groups is 1. The van der Waals surface area contributed by atoms with Crippen LogP contribution < -0.4 is 0 Å². The van der Waals surface area contributed by atoms with Gasteiger partial charge in [-0.2, -0.15) is 0 Å². The zero-order valence-electron chi connectivity index (χ0n) is 12.2. The van der Waals surface area contributed by atoms with Crippen LogP contribution in [0, 0.1) is 10.1 Å². The minimum absolute atomic E-state index is 0.0484. The summed E-state index contributed by atoms with van der Waals surface area (Å²) in [5.74, 6) is 0.522. The van der Waals surface area contributed by atoms with Crippen LogP contribution in [0.1, 0.15) is 18.9 Å². The average Bonchev–Trinajstić information content (AvgIpc) is 2.53. The summed E-state index contributed by atoms with van der Waals surface area (Å²) in [5.41, 5.74) is 0.858. The molecule has 1 heterocycles. The van der Waals surface area contributed by atoms with Crippen molar-refractivity contribution in [2.24, 2.45) is 0 Å². The van der Waals surface area contributed by atoms with Gasteiger partial charge >= 0.3 is 5.97 Å². The van der Waals surface area contributed by atoms with Crippen molar-refractivity contribution in [3.05, 3.63) is 58.2 Å². The number of esters is 1. The third kappa shape index (κ3) is 3.76. The fraction of sp³-hybridized carbons (Fsp3) is 0.312. The molecular formula is C16H17NO4S. The highest BCUT2D eigenvalue weighted by molar-refractivity contribution is 8.01. The van der Waals surface area contributed by atoms with Crippen molar-refractivity contribution in [1.82, 2.24) is 0 Å². The number of cyclic esters (lactones) is 1. The van der Waals surface area contributed by atoms with Crippen molar-refractivity contribution in [1.29, 1.82) is 0 Å². The smallest absolute Gasteiger partial charge is 0.326 e. The Bertz CT molecular complexity index is 609. The van der Waals surface area contributed by atoms with E-state index in [1.807, 2.05) is 31.2 Å². The van der Waals surface area contributed by atoms with Gasteiger partial charge in [0.2, 0.25) is 0 Å². The van der Waals surface area contributed by atoms with Crippen molar-refractivity contribution < 1.29 is 14.5 Å². The van der Waals surface area contributed by atoms with Gasteiger partial charge in [-0.15, -0.1) is 11.8 Å². The minimum Gasteiger partial charge on any atom is -0.464 e. The Morgan fingerprint density at radius 1 is 1.41 bits per heavy atom. The molecule has 1 aromatic rings. The van der Waals surface area contributed by atoms with E-state index in [0.717, 1.165) is 11.3 Å². The molecule has 1 saturated heterocycles. The number of hydrogen-bond acceptors (Lipinski definition) is 5. The van der Waals surface area contributed by atoms with Crippen LogP contribution in [0.15, 0.2) is 42.5 Å². The lowest BCUT2D eigenvalue weighted by Gasteiger charge is -2.30. The van der Waals surface area contributed by atoms with E-state index in [1.165, 1.54) is 12.1 Å². The Morgan fingerprint density at radius 2 is 2.14 bits per heavy atom. The maximum Gasteiger partial charge on any atom is 0.326 e. The molecule has 0 aromatic heterocycles. The van der Waals surface area contributed by atoms with Crippen LogP contribution in [-0.4, -0.2) is 28.0 Å². The third-order valence-corrected chi connectivity index (χ3v) is 4.68. The quantitative estimate of drug-likeness (QED) is 0.359. The van der Waals surface area contributed by atoms with Crippen LogP contribution in [-0.2, 0) is 9.53 Å². The highest BCUT2D eigenvalue weighted by Crippen LogP contribution is 2.36. The van der Waals surface area contributed by atoms with Gasteiger partial charge in [-0.1, -0.05) is 24.3 Å². The first kappa shape index (κ1) is 16.3. The SMILES string of the molecule is C/C=C/CC1(/C=C/c2ccc([N+](=O)[O-])cc2)SCCOC1=O. The molecule has 0 N–H and O–H groups in total. The molecule has 0 saturated carbocycles. The van der Waals surface area contributed by atoms with E-state index in [0.29, 0.717) is 13.0 Å². The molecule has 0 amide bonds. The lowest BCUT2D eigenvalue weighted by Crippen LogP contribution is -2.39. The lowest BCUT2D eigenvalue weighted by molar-refractivity contribution is -0.384. The standard InChI is InChI=1S/C16H17NO4S/c1-2-3-9-16(15(18)21-11-12-22-16)10-8-13-4-6-14(7-5-13)17(19)20/h2-8,10H,9,11-12H2,1H3/b3-2+,10-8+. The van der Waals surface area contributed by atoms with E-state index in [4.69, 9.17) is 4.74 Å². The van der Waals surface area contributed by atoms with Crippen LogP contribution in [0.5, 0.6) is 0 Å². The summed E-state index contributed by atoms with van der Waals surface area (Å²) in [6.45, 7) is 2.35. The van der Waals surface area contributed by atoms with Crippen LogP contribution in [0.25, 0.3) is 6.08 Å². The molecule has 1 atom stereocenters. The second-order valence-corrected chi connectivity index (χ2v) is 6.25. The Hall–Kier alpha value is -2.08. The number of rotatable bonds is 5. The minimum atomic E-state index is -0.716. The molecule has 0 spiro atoms. The van der Waals surface area contributed by atoms with Crippen LogP contribution >= 0.6 is 11.8 Å². The largest absolute Gasteiger partial charge is 0.464 e. The van der Waals surface area contributed by atoms with Gasteiger partial charge in [0.25, 0.3) is 5.69 Å². The third-order valence-electron chi connectivity index (χ3n) is 3.33. The number of thioether (sulfide) groups is 1. The first-order valence-corrected chi connectivity index (χ1v) is 7.92. The Balaban J connectivity index is 2.22. The molecule has 0 radical (unpaired) electrons. The summed E-state index contributed by atoms with van der Waals surface area (Å²) < 4.78 is 4.48. The van der Waals surface area contributed by atoms with Crippen molar-refractivity contribution >= 4 is 29.5 Å². The van der Waals surface area contributed by atoms with E-state index >= 15 is 0 Å². The van der Waals surface area contributed by atoms with E-state index in [2.05, 4.69) is 0 Å². The van der Waals surface area contributed by atoms with Crippen LogP contribution in [0.3, 0.4) is 0 Å². The highest BCUT2D eigenvalue weighted by Gasteiger charge is 2.39. The second kappa shape index (κ2) is 7.26. The molecule has 0 bridgehead atoms. The molecular weight excluding hydrogens is 302 g/mol. The molecule has 1 aliphatic heterocycles. The number of carbonyl (C=O) groups excluding carboxylic acids is 1. The van der Waals surface area contributed by atoms with Crippen molar-refractivity contribution in [3.63, 3.8) is 0 Å². The van der Waals surface area contributed by atoms with E-state index < -0.39 is 9.67 Å². The van der Waals surface area contributed by atoms with Gasteiger partial charge in [0.15, 0.2) is 0 Å². The van der Waals surface area contributed by atoms with Crippen molar-refractivity contribution in [3.8, 4) is 0 Å². The highest BCUT2D eigenvalue weighted by atomic mass is 32.2. The van der Waals surface area contributed by atoms with Gasteiger partial charge in [0.05, 0.1) is 4.92 Å². The molecule has 1 aliphatic rings. The molecule has 6 heteroatoms. The zero-order valence-corrected chi connectivity index (χ0v) is 13.0. The molecule has 116 valence electrons. The van der Waals surface area contributed by atoms with Gasteiger partial charge in [0, 0.05) is 17.9 Å². The predicted octanol–water partition coefficient (Wildman–Crippen LogP) is 3.60. The number of nitrogens with zero attached hydrogens (tertiary/aromatic N) is 1. The number of carbonyl (C=O) groups is 1. The summed E-state index contributed by atoms with van der Waals surface area (Å²) in [5, 5.41) is 10.6. The molecule has 5 nitrogen and oxygen atoms in total. The van der Waals surface area contributed by atoms with Crippen molar-refractivity contribution in [2.75, 3.05) is 12.4 Å². The van der Waals surface area contributed by atoms with E-state index in [9.17, 15) is 14.9 Å². The van der Waals surface area contributed by atoms with E-state index in [-0.39, 0.29) is 11.7 Å². The number of allylic oxidation sites excluding steroid dienone is 2. The summed E-state index contributed by atoms with van der Waals surface area (Å²) in [7, 11) is 0. The second-order valence-electron chi connectivity index (χ2n) is 4.83. The molecule has 1 unspecified atom stereocenters. The van der Waals surface area contributed by atoms with Gasteiger partial charge in [-0.3, -0.25) is 14.9 Å². The number of ether oxygens (including phenoxy) is 1. The van der Waals surface area contributed by atoms with E-state index in [1.54, 1.807) is 23.9 Å². The van der Waals surface area contributed by atoms with Gasteiger partial charge in [0.1, 0.15) is 11.4 Å². The first-order chi connectivity index (χ1) is 10.6. The van der Waals surface area contributed by atoms with Gasteiger partial charge < -0.3 is 4.74 Å². The van der Waals surface area contributed by atoms with Crippen LogP contribution in [0.4, 0.5) is 5.69 Å². The molecule has 1 fully saturated rings. The number of nitro benzene ring substituents is 1. The number of benzene rings is 1. The summed E-state index contributed by atoms with van der Waals surface area (Å²) in [4.78, 5) is 22.4. The summed E-state index contributed by atoms with van der Waals surface area (Å²) in [6, 6.07) is 6.23. The zero-order chi connectivity index (χ0) is 16.0. The Kier molecular flexibility index (Phi) is 5.38. The van der Waals surface area contributed by atoms with Gasteiger partial charge in [-0.25, -0.2) is 0 Å². The monoisotopic (exact) mass is 319 g/mol. The van der Waals surface area contributed by atoms with Crippen molar-refractivity contribution in [2.45, 2.75) is 18.1 Å². The maximum atomic E-state index is 12.2. The Morgan fingerprint density at radius 3 is 2.73 bits per heavy atom. The van der Waals surface area contributed by atoms with Gasteiger partial charge in [-0.05, 0) is 31.0 Å². The Labute approximate surface area is 133 Å². The fourth-order valence-electron chi connectivity index (χ4n) is 2.10. The summed E-state index contributed by atoms with van der Waals surface area (Å²) >= 11 is 1.57. The fourth-order valence-corrected chi connectivity index (χ4v) is 3.18. The topological polar surface area (TPSA) is 69.4 Å². The first-order valence-electron chi connectivity index (χ1n) is 6.93. The number of hydrogen-bond donors (Lipinski definition) is 0. The molecule has 0 aliphatic carbocycles. The predicted molar refractivity (Wildman–Crippen MR) is 87.7 cm³/mol. The molecule has 1 aromatic carbocycles. The molecule has 22 heavy (non-hydrogen) atoms. The molecule has 2 rings (SSSR count). The lowest BCUT2D eigenvalue weighted by atomic mass is 10.0. The van der Waals surface area contributed by atoms with Crippen LogP contribution in [0.2, 0.25) is 0 Å². The average molecular weight is 319 g/mol. The summed E-state index contributed by atoms with van der Waals surface area (Å²) in [6.07, 6.45) is 8.06. The normalized spacial score (nSPS) is 22.1. The number of non-ortho nitro benzene ring substituents is 1.